The summed E-state index contributed by atoms with van der Waals surface area (Å²) in [5, 5.41) is 22.1. The molecule has 34 heavy (non-hydrogen) atoms. The maximum atomic E-state index is 13.5. The van der Waals surface area contributed by atoms with Crippen LogP contribution in [0.3, 0.4) is 0 Å². The smallest absolute Gasteiger partial charge is 0.251 e. The quantitative estimate of drug-likeness (QED) is 0.253. The molecule has 1 fully saturated rings. The maximum Gasteiger partial charge on any atom is 0.251 e. The number of aromatic nitrogens is 4. The molecule has 4 aromatic rings. The number of anilines is 1. The molecule has 0 unspecified atom stereocenters. The highest BCUT2D eigenvalue weighted by atomic mass is 32.2. The van der Waals surface area contributed by atoms with Crippen LogP contribution in [-0.4, -0.2) is 43.5 Å². The van der Waals surface area contributed by atoms with E-state index in [-0.39, 0.29) is 23.5 Å². The first kappa shape index (κ1) is 22.3. The van der Waals surface area contributed by atoms with Gasteiger partial charge >= 0.3 is 0 Å². The van der Waals surface area contributed by atoms with Crippen molar-refractivity contribution in [2.24, 2.45) is 7.05 Å². The molecule has 3 aromatic heterocycles. The van der Waals surface area contributed by atoms with Crippen LogP contribution in [0.25, 0.3) is 22.0 Å². The van der Waals surface area contributed by atoms with Gasteiger partial charge in [-0.05, 0) is 36.4 Å². The summed E-state index contributed by atoms with van der Waals surface area (Å²) in [7, 11) is 1.84. The van der Waals surface area contributed by atoms with Crippen LogP contribution >= 0.6 is 11.8 Å². The highest BCUT2D eigenvalue weighted by molar-refractivity contribution is 8.13. The molecule has 1 aromatic carbocycles. The first-order chi connectivity index (χ1) is 16.3. The summed E-state index contributed by atoms with van der Waals surface area (Å²) in [5.41, 5.74) is 3.61. The first-order valence-corrected chi connectivity index (χ1v) is 11.6. The first-order valence-electron chi connectivity index (χ1n) is 10.8. The number of alkyl halides is 2. The number of piperidine rings is 1. The largest absolute Gasteiger partial charge is 0.370 e. The standard InChI is InChI=1S/C24H23F2N7S/c1-31-14-18(12-30-31)16-2-5-22(27)33(15-16)23(28)34-20-3-4-21-17(11-20)10-19(13-29-21)32-8-6-24(25,26)7-9-32/h2-5,10-15,27-28H,6-9H2,1H3. The zero-order chi connectivity index (χ0) is 23.9. The molecule has 174 valence electrons. The molecule has 0 bridgehead atoms. The Morgan fingerprint density at radius 3 is 2.56 bits per heavy atom. The zero-order valence-electron chi connectivity index (χ0n) is 18.5. The van der Waals surface area contributed by atoms with Crippen LogP contribution < -0.4 is 10.4 Å². The average Bonchev–Trinajstić information content (AvgIpc) is 3.25. The van der Waals surface area contributed by atoms with E-state index in [1.807, 2.05) is 48.5 Å². The molecule has 1 saturated heterocycles. The molecule has 1 aliphatic heterocycles. The molecule has 7 nitrogen and oxygen atoms in total. The monoisotopic (exact) mass is 479 g/mol. The third-order valence-corrected chi connectivity index (χ3v) is 6.80. The lowest BCUT2D eigenvalue weighted by Crippen LogP contribution is -2.39. The summed E-state index contributed by atoms with van der Waals surface area (Å²) in [6.45, 7) is 0.602. The molecule has 1 aliphatic rings. The second-order valence-electron chi connectivity index (χ2n) is 8.37. The molecular formula is C24H23F2N7S. The minimum Gasteiger partial charge on any atom is -0.370 e. The van der Waals surface area contributed by atoms with Gasteiger partial charge in [-0.2, -0.15) is 5.10 Å². The van der Waals surface area contributed by atoms with Crippen molar-refractivity contribution in [2.45, 2.75) is 23.7 Å². The van der Waals surface area contributed by atoms with Gasteiger partial charge in [0.05, 0.1) is 23.6 Å². The average molecular weight is 480 g/mol. The third kappa shape index (κ3) is 4.58. The van der Waals surface area contributed by atoms with Crippen LogP contribution in [0.15, 0.2) is 66.1 Å². The number of hydrogen-bond donors (Lipinski definition) is 2. The molecule has 0 atom stereocenters. The normalized spacial score (nSPS) is 15.6. The summed E-state index contributed by atoms with van der Waals surface area (Å²) in [6, 6.07) is 11.2. The summed E-state index contributed by atoms with van der Waals surface area (Å²) < 4.78 is 30.3. The number of nitrogens with one attached hydrogen (secondary N) is 2. The van der Waals surface area contributed by atoms with Crippen molar-refractivity contribution in [3.63, 3.8) is 0 Å². The summed E-state index contributed by atoms with van der Waals surface area (Å²) >= 11 is 1.24. The molecule has 0 saturated carbocycles. The van der Waals surface area contributed by atoms with Crippen LogP contribution in [0, 0.1) is 10.8 Å². The Balaban J connectivity index is 1.38. The third-order valence-electron chi connectivity index (χ3n) is 5.92. The Bertz CT molecular complexity index is 1430. The Labute approximate surface area is 199 Å². The van der Waals surface area contributed by atoms with E-state index in [1.165, 1.54) is 16.3 Å². The van der Waals surface area contributed by atoms with Crippen molar-refractivity contribution < 1.29 is 8.78 Å². The van der Waals surface area contributed by atoms with E-state index in [2.05, 4.69) is 10.1 Å². The predicted octanol–water partition coefficient (Wildman–Crippen LogP) is 4.73. The van der Waals surface area contributed by atoms with Gasteiger partial charge < -0.3 is 4.90 Å². The van der Waals surface area contributed by atoms with E-state index in [9.17, 15) is 8.78 Å². The highest BCUT2D eigenvalue weighted by Crippen LogP contribution is 2.32. The number of nitrogens with zero attached hydrogens (tertiary/aromatic N) is 5. The fraction of sp³-hybridized carbons (Fsp3) is 0.250. The molecule has 0 aliphatic carbocycles. The van der Waals surface area contributed by atoms with Crippen molar-refractivity contribution >= 4 is 33.5 Å². The lowest BCUT2D eigenvalue weighted by molar-refractivity contribution is -0.0220. The van der Waals surface area contributed by atoms with Gasteiger partial charge in [0.25, 0.3) is 5.92 Å². The predicted molar refractivity (Wildman–Crippen MR) is 130 cm³/mol. The molecule has 0 radical (unpaired) electrons. The topological polar surface area (TPSA) is 86.6 Å². The Morgan fingerprint density at radius 1 is 1.03 bits per heavy atom. The van der Waals surface area contributed by atoms with Crippen molar-refractivity contribution in [1.29, 1.82) is 10.8 Å². The lowest BCUT2D eigenvalue weighted by atomic mass is 10.1. The van der Waals surface area contributed by atoms with E-state index < -0.39 is 5.92 Å². The van der Waals surface area contributed by atoms with Crippen molar-refractivity contribution in [3.05, 3.63) is 66.7 Å². The van der Waals surface area contributed by atoms with Gasteiger partial charge in [0.15, 0.2) is 5.17 Å². The molecule has 0 spiro atoms. The van der Waals surface area contributed by atoms with E-state index >= 15 is 0 Å². The van der Waals surface area contributed by atoms with Crippen LogP contribution in [0.4, 0.5) is 14.5 Å². The van der Waals surface area contributed by atoms with Gasteiger partial charge in [-0.3, -0.25) is 25.1 Å². The van der Waals surface area contributed by atoms with Gasteiger partial charge in [-0.25, -0.2) is 8.78 Å². The second kappa shape index (κ2) is 8.68. The van der Waals surface area contributed by atoms with Crippen molar-refractivity contribution in [3.8, 4) is 11.1 Å². The van der Waals surface area contributed by atoms with E-state index in [0.29, 0.717) is 13.1 Å². The molecular weight excluding hydrogens is 456 g/mol. The minimum absolute atomic E-state index is 0.150. The Hall–Kier alpha value is -3.53. The molecule has 4 heterocycles. The van der Waals surface area contributed by atoms with E-state index in [4.69, 9.17) is 10.8 Å². The molecule has 5 rings (SSSR count). The summed E-state index contributed by atoms with van der Waals surface area (Å²) in [5.74, 6) is -2.59. The SMILES string of the molecule is Cn1cc(-c2ccc(=N)n(C(=N)Sc3ccc4ncc(N5CCC(F)(F)CC5)cc4c3)c2)cn1. The van der Waals surface area contributed by atoms with E-state index in [0.717, 1.165) is 32.6 Å². The number of benzene rings is 1. The van der Waals surface area contributed by atoms with Crippen LogP contribution in [0.5, 0.6) is 0 Å². The van der Waals surface area contributed by atoms with Crippen LogP contribution in [0.2, 0.25) is 0 Å². The fourth-order valence-corrected chi connectivity index (χ4v) is 4.79. The lowest BCUT2D eigenvalue weighted by Gasteiger charge is -2.33. The number of thioether (sulfide) groups is 1. The molecule has 10 heteroatoms. The Morgan fingerprint density at radius 2 is 1.82 bits per heavy atom. The van der Waals surface area contributed by atoms with E-state index in [1.54, 1.807) is 29.3 Å². The second-order valence-corrected chi connectivity index (χ2v) is 9.44. The molecule has 0 amide bonds. The zero-order valence-corrected chi connectivity index (χ0v) is 19.3. The summed E-state index contributed by atoms with van der Waals surface area (Å²) in [4.78, 5) is 7.27. The van der Waals surface area contributed by atoms with Gasteiger partial charge in [-0.1, -0.05) is 11.8 Å². The van der Waals surface area contributed by atoms with Crippen molar-refractivity contribution in [2.75, 3.05) is 18.0 Å². The maximum absolute atomic E-state index is 13.5. The van der Waals surface area contributed by atoms with Crippen molar-refractivity contribution in [1.82, 2.24) is 19.3 Å². The van der Waals surface area contributed by atoms with Crippen LogP contribution in [-0.2, 0) is 7.05 Å². The molecule has 2 N–H and O–H groups in total. The van der Waals surface area contributed by atoms with Gasteiger partial charge in [0.2, 0.25) is 0 Å². The number of aryl methyl sites for hydroxylation is 1. The van der Waals surface area contributed by atoms with Gasteiger partial charge in [0, 0.05) is 66.8 Å². The highest BCUT2D eigenvalue weighted by Gasteiger charge is 2.34. The number of rotatable bonds is 3. The van der Waals surface area contributed by atoms with Crippen LogP contribution in [0.1, 0.15) is 12.8 Å². The number of hydrogen-bond acceptors (Lipinski definition) is 6. The fourth-order valence-electron chi connectivity index (χ4n) is 4.00. The van der Waals surface area contributed by atoms with Gasteiger partial charge in [-0.15, -0.1) is 0 Å². The van der Waals surface area contributed by atoms with Gasteiger partial charge in [0.1, 0.15) is 5.49 Å². The summed E-state index contributed by atoms with van der Waals surface area (Å²) in [6.07, 6.45) is 6.83. The number of pyridine rings is 2. The Kier molecular flexibility index (Phi) is 5.68. The number of halogens is 2. The number of fused-ring (bicyclic) bond motifs is 1. The minimum atomic E-state index is -2.59.